The maximum Gasteiger partial charge on any atom is 0.326 e. The van der Waals surface area contributed by atoms with Crippen molar-refractivity contribution in [3.05, 3.63) is 33.8 Å². The molecule has 30 heavy (non-hydrogen) atoms. The summed E-state index contributed by atoms with van der Waals surface area (Å²) >= 11 is 12.1. The molecule has 162 valence electrons. The Morgan fingerprint density at radius 3 is 2.43 bits per heavy atom. The number of hydrogen-bond donors (Lipinski definition) is 2. The smallest absolute Gasteiger partial charge is 0.326 e. The fourth-order valence-corrected chi connectivity index (χ4v) is 4.12. The van der Waals surface area contributed by atoms with Crippen LogP contribution in [0.5, 0.6) is 0 Å². The molecule has 2 heterocycles. The van der Waals surface area contributed by atoms with Crippen molar-refractivity contribution >= 4 is 41.0 Å². The summed E-state index contributed by atoms with van der Waals surface area (Å²) in [7, 11) is 0. The van der Waals surface area contributed by atoms with Crippen molar-refractivity contribution in [1.82, 2.24) is 25.3 Å². The number of piperazine rings is 1. The highest BCUT2D eigenvalue weighted by Crippen LogP contribution is 2.33. The summed E-state index contributed by atoms with van der Waals surface area (Å²) in [4.78, 5) is 43.0. The Morgan fingerprint density at radius 1 is 1.13 bits per heavy atom. The topological polar surface area (TPSA) is 85.0 Å². The Labute approximate surface area is 185 Å². The summed E-state index contributed by atoms with van der Waals surface area (Å²) < 4.78 is 0. The lowest BCUT2D eigenvalue weighted by atomic mass is 9.92. The average molecular weight is 454 g/mol. The van der Waals surface area contributed by atoms with Gasteiger partial charge in [-0.05, 0) is 37.5 Å². The molecule has 1 aromatic carbocycles. The van der Waals surface area contributed by atoms with Crippen molar-refractivity contribution < 1.29 is 14.4 Å². The molecular weight excluding hydrogens is 429 g/mol. The first-order valence-electron chi connectivity index (χ1n) is 10.1. The van der Waals surface area contributed by atoms with Crippen LogP contribution in [0.25, 0.3) is 0 Å². The number of halogens is 2. The zero-order valence-corrected chi connectivity index (χ0v) is 18.3. The molecule has 1 saturated carbocycles. The minimum Gasteiger partial charge on any atom is -0.352 e. The maximum absolute atomic E-state index is 13.1. The first-order chi connectivity index (χ1) is 14.3. The van der Waals surface area contributed by atoms with Crippen molar-refractivity contribution in [1.29, 1.82) is 0 Å². The van der Waals surface area contributed by atoms with Gasteiger partial charge in [-0.3, -0.25) is 19.4 Å². The first-order valence-corrected chi connectivity index (χ1v) is 10.9. The Hall–Kier alpha value is -1.87. The summed E-state index contributed by atoms with van der Waals surface area (Å²) in [6.45, 7) is 5.06. The number of carbonyl (C=O) groups is 3. The molecule has 4 amide bonds. The second-order valence-electron chi connectivity index (χ2n) is 8.29. The van der Waals surface area contributed by atoms with Gasteiger partial charge in [-0.15, -0.1) is 0 Å². The average Bonchev–Trinajstić information content (AvgIpc) is 3.48. The molecule has 3 aliphatic rings. The van der Waals surface area contributed by atoms with Crippen LogP contribution in [0.2, 0.25) is 10.0 Å². The molecule has 1 aliphatic carbocycles. The number of nitrogens with one attached hydrogen (secondary N) is 2. The highest BCUT2D eigenvalue weighted by Gasteiger charge is 2.49. The van der Waals surface area contributed by atoms with Gasteiger partial charge < -0.3 is 10.6 Å². The SMILES string of the molecule is C[C@@]1(c2ccc(Cl)c(Cl)c2)NC(=O)N(CN2CCN(CC(=O)NC3CC3)CC2)C1=O. The molecule has 1 atom stereocenters. The van der Waals surface area contributed by atoms with Gasteiger partial charge in [0.1, 0.15) is 5.54 Å². The minimum atomic E-state index is -1.19. The third-order valence-corrected chi connectivity index (χ3v) is 6.63. The van der Waals surface area contributed by atoms with Crippen molar-refractivity contribution in [2.45, 2.75) is 31.3 Å². The molecular formula is C20H25Cl2N5O3. The predicted molar refractivity (Wildman–Crippen MR) is 113 cm³/mol. The van der Waals surface area contributed by atoms with E-state index in [2.05, 4.69) is 15.5 Å². The Kier molecular flexibility index (Phi) is 5.94. The van der Waals surface area contributed by atoms with Gasteiger partial charge >= 0.3 is 6.03 Å². The summed E-state index contributed by atoms with van der Waals surface area (Å²) in [5.41, 5.74) is -0.599. The van der Waals surface area contributed by atoms with E-state index in [9.17, 15) is 14.4 Å². The van der Waals surface area contributed by atoms with Gasteiger partial charge in [-0.25, -0.2) is 9.69 Å². The van der Waals surface area contributed by atoms with E-state index in [0.717, 1.165) is 12.8 Å². The number of amides is 4. The van der Waals surface area contributed by atoms with Crippen LogP contribution in [-0.2, 0) is 15.1 Å². The minimum absolute atomic E-state index is 0.0671. The molecule has 3 fully saturated rings. The highest BCUT2D eigenvalue weighted by molar-refractivity contribution is 6.42. The van der Waals surface area contributed by atoms with Crippen LogP contribution in [0.3, 0.4) is 0 Å². The highest BCUT2D eigenvalue weighted by atomic mass is 35.5. The van der Waals surface area contributed by atoms with E-state index < -0.39 is 11.6 Å². The lowest BCUT2D eigenvalue weighted by Gasteiger charge is -2.35. The number of rotatable bonds is 6. The molecule has 0 bridgehead atoms. The lowest BCUT2D eigenvalue weighted by Crippen LogP contribution is -2.53. The number of hydrogen-bond acceptors (Lipinski definition) is 5. The Morgan fingerprint density at radius 2 is 1.80 bits per heavy atom. The van der Waals surface area contributed by atoms with Crippen LogP contribution >= 0.6 is 23.2 Å². The molecule has 0 spiro atoms. The zero-order chi connectivity index (χ0) is 21.5. The molecule has 0 aromatic heterocycles. The van der Waals surface area contributed by atoms with Gasteiger partial charge in [0.2, 0.25) is 5.91 Å². The fraction of sp³-hybridized carbons (Fsp3) is 0.550. The molecule has 1 aromatic rings. The molecule has 2 N–H and O–H groups in total. The van der Waals surface area contributed by atoms with Gasteiger partial charge in [0.05, 0.1) is 23.3 Å². The Balaban J connectivity index is 1.33. The van der Waals surface area contributed by atoms with Gasteiger partial charge in [0.15, 0.2) is 0 Å². The normalized spacial score (nSPS) is 25.5. The van der Waals surface area contributed by atoms with Gasteiger partial charge in [0, 0.05) is 32.2 Å². The maximum atomic E-state index is 13.1. The Bertz CT molecular complexity index is 870. The molecule has 2 aliphatic heterocycles. The van der Waals surface area contributed by atoms with Crippen LogP contribution in [0, 0.1) is 0 Å². The third kappa shape index (κ3) is 4.42. The number of carbonyl (C=O) groups excluding carboxylic acids is 3. The van der Waals surface area contributed by atoms with Crippen molar-refractivity contribution in [3.8, 4) is 0 Å². The molecule has 4 rings (SSSR count). The summed E-state index contributed by atoms with van der Waals surface area (Å²) in [5, 5.41) is 6.51. The quantitative estimate of drug-likeness (QED) is 0.639. The summed E-state index contributed by atoms with van der Waals surface area (Å²) in [6.07, 6.45) is 2.15. The van der Waals surface area contributed by atoms with E-state index in [1.807, 2.05) is 4.90 Å². The van der Waals surface area contributed by atoms with Crippen LogP contribution in [0.15, 0.2) is 18.2 Å². The molecule has 2 saturated heterocycles. The van der Waals surface area contributed by atoms with Gasteiger partial charge in [-0.2, -0.15) is 0 Å². The van der Waals surface area contributed by atoms with E-state index in [0.29, 0.717) is 54.4 Å². The van der Waals surface area contributed by atoms with Crippen molar-refractivity contribution in [3.63, 3.8) is 0 Å². The molecule has 0 unspecified atom stereocenters. The van der Waals surface area contributed by atoms with E-state index in [-0.39, 0.29) is 18.5 Å². The lowest BCUT2D eigenvalue weighted by molar-refractivity contribution is -0.132. The van der Waals surface area contributed by atoms with Gasteiger partial charge in [-0.1, -0.05) is 29.3 Å². The molecule has 0 radical (unpaired) electrons. The predicted octanol–water partition coefficient (Wildman–Crippen LogP) is 1.61. The van der Waals surface area contributed by atoms with Crippen LogP contribution in [0.1, 0.15) is 25.3 Å². The van der Waals surface area contributed by atoms with Crippen LogP contribution < -0.4 is 10.6 Å². The van der Waals surface area contributed by atoms with Crippen molar-refractivity contribution in [2.24, 2.45) is 0 Å². The number of nitrogens with zero attached hydrogens (tertiary/aromatic N) is 3. The molecule has 10 heteroatoms. The molecule has 8 nitrogen and oxygen atoms in total. The first kappa shape index (κ1) is 21.4. The number of imide groups is 1. The van der Waals surface area contributed by atoms with E-state index in [1.54, 1.807) is 25.1 Å². The monoisotopic (exact) mass is 453 g/mol. The second-order valence-corrected chi connectivity index (χ2v) is 9.11. The second kappa shape index (κ2) is 8.34. The third-order valence-electron chi connectivity index (χ3n) is 5.89. The van der Waals surface area contributed by atoms with Crippen molar-refractivity contribution in [2.75, 3.05) is 39.4 Å². The van der Waals surface area contributed by atoms with E-state index in [4.69, 9.17) is 23.2 Å². The van der Waals surface area contributed by atoms with Crippen LogP contribution in [-0.4, -0.2) is 78.0 Å². The fourth-order valence-electron chi connectivity index (χ4n) is 3.82. The van der Waals surface area contributed by atoms with E-state index in [1.165, 1.54) is 4.90 Å². The largest absolute Gasteiger partial charge is 0.352 e. The van der Waals surface area contributed by atoms with Crippen LogP contribution in [0.4, 0.5) is 4.79 Å². The summed E-state index contributed by atoms with van der Waals surface area (Å²) in [6, 6.07) is 4.85. The number of benzene rings is 1. The van der Waals surface area contributed by atoms with E-state index >= 15 is 0 Å². The number of urea groups is 1. The summed E-state index contributed by atoms with van der Waals surface area (Å²) in [5.74, 6) is -0.255. The zero-order valence-electron chi connectivity index (χ0n) is 16.8. The standard InChI is InChI=1S/C20H25Cl2N5O3/c1-20(13-2-5-15(21)16(22)10-13)18(29)27(19(30)24-20)12-26-8-6-25(7-9-26)11-17(28)23-14-3-4-14/h2,5,10,14H,3-4,6-9,11-12H2,1H3,(H,23,28)(H,24,30)/t20-/m0/s1. The van der Waals surface area contributed by atoms with Gasteiger partial charge in [0.25, 0.3) is 5.91 Å².